The van der Waals surface area contributed by atoms with E-state index in [0.29, 0.717) is 11.1 Å². The molecule has 9 heteroatoms. The molecule has 1 aromatic heterocycles. The highest BCUT2D eigenvalue weighted by Gasteiger charge is 2.16. The summed E-state index contributed by atoms with van der Waals surface area (Å²) < 4.78 is 0. The van der Waals surface area contributed by atoms with Crippen LogP contribution >= 0.6 is 23.2 Å². The molecule has 0 spiro atoms. The number of carbonyl (C=O) groups excluding carboxylic acids is 2. The lowest BCUT2D eigenvalue weighted by Crippen LogP contribution is -2.33. The number of carbonyl (C=O) groups is 2. The minimum Gasteiger partial charge on any atom is -0.378 e. The number of fused-ring (bicyclic) bond motifs is 1. The Bertz CT molecular complexity index is 1520. The van der Waals surface area contributed by atoms with Crippen LogP contribution in [0.4, 0.5) is 5.69 Å². The zero-order valence-corrected chi connectivity index (χ0v) is 21.6. The number of rotatable bonds is 7. The van der Waals surface area contributed by atoms with Gasteiger partial charge in [-0.2, -0.15) is 5.10 Å². The van der Waals surface area contributed by atoms with Gasteiger partial charge in [0.25, 0.3) is 11.8 Å². The second-order valence-electron chi connectivity index (χ2n) is 8.24. The van der Waals surface area contributed by atoms with Crippen LogP contribution in [0, 0.1) is 0 Å². The van der Waals surface area contributed by atoms with Gasteiger partial charge in [0.05, 0.1) is 22.3 Å². The third-order valence-electron chi connectivity index (χ3n) is 5.41. The molecule has 0 radical (unpaired) electrons. The number of benzene rings is 3. The maximum absolute atomic E-state index is 13.1. The molecule has 4 rings (SSSR count). The lowest BCUT2D eigenvalue weighted by atomic mass is 10.1. The van der Waals surface area contributed by atoms with Crippen molar-refractivity contribution in [2.45, 2.75) is 0 Å². The minimum absolute atomic E-state index is 0.0117. The first-order chi connectivity index (χ1) is 17.8. The second kappa shape index (κ2) is 11.7. The Kier molecular flexibility index (Phi) is 8.18. The molecule has 2 amide bonds. The van der Waals surface area contributed by atoms with E-state index in [4.69, 9.17) is 23.2 Å². The first-order valence-corrected chi connectivity index (χ1v) is 12.0. The summed E-state index contributed by atoms with van der Waals surface area (Å²) >= 11 is 12.4. The molecule has 0 saturated heterocycles. The van der Waals surface area contributed by atoms with E-state index in [0.717, 1.165) is 16.6 Å². The maximum atomic E-state index is 13.1. The lowest BCUT2D eigenvalue weighted by Gasteiger charge is -2.13. The van der Waals surface area contributed by atoms with Crippen molar-refractivity contribution in [2.75, 3.05) is 19.0 Å². The van der Waals surface area contributed by atoms with Crippen LogP contribution in [0.5, 0.6) is 0 Å². The van der Waals surface area contributed by atoms with Gasteiger partial charge in [-0.15, -0.1) is 0 Å². The van der Waals surface area contributed by atoms with Gasteiger partial charge < -0.3 is 10.2 Å². The molecule has 0 aliphatic carbocycles. The summed E-state index contributed by atoms with van der Waals surface area (Å²) in [7, 11) is 3.87. The van der Waals surface area contributed by atoms with E-state index in [-0.39, 0.29) is 21.4 Å². The van der Waals surface area contributed by atoms with Gasteiger partial charge in [0, 0.05) is 30.7 Å². The Labute approximate surface area is 224 Å². The zero-order chi connectivity index (χ0) is 26.4. The molecule has 0 aliphatic heterocycles. The van der Waals surface area contributed by atoms with Gasteiger partial charge in [-0.1, -0.05) is 65.7 Å². The summed E-state index contributed by atoms with van der Waals surface area (Å²) in [5.41, 5.74) is 5.66. The molecule has 0 atom stereocenters. The fraction of sp³-hybridized carbons (Fsp3) is 0.0714. The highest BCUT2D eigenvalue weighted by Crippen LogP contribution is 2.19. The topological polar surface area (TPSA) is 86.7 Å². The number of hydrogen-bond donors (Lipinski definition) is 2. The Hall–Kier alpha value is -4.20. The van der Waals surface area contributed by atoms with Crippen LogP contribution in [-0.2, 0) is 4.79 Å². The van der Waals surface area contributed by atoms with Crippen LogP contribution < -0.4 is 15.6 Å². The van der Waals surface area contributed by atoms with Crippen LogP contribution in [0.25, 0.3) is 17.0 Å². The number of anilines is 1. The number of aromatic nitrogens is 1. The van der Waals surface area contributed by atoms with Crippen LogP contribution in [0.2, 0.25) is 10.2 Å². The number of halogens is 2. The van der Waals surface area contributed by atoms with Crippen molar-refractivity contribution in [1.29, 1.82) is 0 Å². The van der Waals surface area contributed by atoms with E-state index in [2.05, 4.69) is 20.8 Å². The molecule has 186 valence electrons. The molecule has 2 N–H and O–H groups in total. The molecular formula is C28H23Cl2N5O2. The highest BCUT2D eigenvalue weighted by molar-refractivity contribution is 6.34. The molecule has 0 unspecified atom stereocenters. The summed E-state index contributed by atoms with van der Waals surface area (Å²) in [6.07, 6.45) is 2.96. The normalized spacial score (nSPS) is 11.5. The minimum atomic E-state index is -0.627. The van der Waals surface area contributed by atoms with Crippen molar-refractivity contribution in [2.24, 2.45) is 5.10 Å². The van der Waals surface area contributed by atoms with Gasteiger partial charge >= 0.3 is 0 Å². The van der Waals surface area contributed by atoms with Gasteiger partial charge in [-0.25, -0.2) is 10.4 Å². The third-order valence-corrected chi connectivity index (χ3v) is 6.04. The second-order valence-corrected chi connectivity index (χ2v) is 9.00. The fourth-order valence-electron chi connectivity index (χ4n) is 3.45. The molecule has 0 aliphatic rings. The lowest BCUT2D eigenvalue weighted by molar-refractivity contribution is -0.117. The summed E-state index contributed by atoms with van der Waals surface area (Å²) in [5.74, 6) is -1.15. The van der Waals surface area contributed by atoms with Gasteiger partial charge in [0.2, 0.25) is 0 Å². The van der Waals surface area contributed by atoms with Crippen LogP contribution in [-0.4, -0.2) is 37.1 Å². The number of nitrogens with zero attached hydrogens (tertiary/aromatic N) is 3. The van der Waals surface area contributed by atoms with Gasteiger partial charge in [0.15, 0.2) is 0 Å². The first-order valence-electron chi connectivity index (χ1n) is 11.3. The molecular weight excluding hydrogens is 509 g/mol. The Morgan fingerprint density at radius 1 is 0.946 bits per heavy atom. The largest absolute Gasteiger partial charge is 0.378 e. The van der Waals surface area contributed by atoms with E-state index in [9.17, 15) is 9.59 Å². The van der Waals surface area contributed by atoms with Gasteiger partial charge in [0.1, 0.15) is 10.9 Å². The zero-order valence-electron chi connectivity index (χ0n) is 20.1. The maximum Gasteiger partial charge on any atom is 0.287 e. The van der Waals surface area contributed by atoms with Crippen molar-refractivity contribution in [1.82, 2.24) is 15.7 Å². The van der Waals surface area contributed by atoms with E-state index in [1.165, 1.54) is 6.21 Å². The SMILES string of the molecule is CN(C)c1ccc(/C=C(\NC(=O)c2ccccc2Cl)C(=O)N/N=C\c2cc3ccccc3nc2Cl)cc1. The monoisotopic (exact) mass is 531 g/mol. The quantitative estimate of drug-likeness (QED) is 0.142. The van der Waals surface area contributed by atoms with Gasteiger partial charge in [-0.05, 0) is 48.0 Å². The first kappa shape index (κ1) is 25.9. The number of pyridine rings is 1. The number of hydrogen-bond acceptors (Lipinski definition) is 5. The van der Waals surface area contributed by atoms with Crippen molar-refractivity contribution in [3.8, 4) is 0 Å². The standard InChI is InChI=1S/C28H23Cl2N5O2/c1-35(2)21-13-11-18(12-14-21)15-25(33-27(36)22-8-4-5-9-23(22)29)28(37)34-31-17-20-16-19-7-3-6-10-24(19)32-26(20)30/h3-17H,1-2H3,(H,33,36)(H,34,37)/b25-15-,31-17-. The van der Waals surface area contributed by atoms with E-state index >= 15 is 0 Å². The predicted molar refractivity (Wildman–Crippen MR) is 150 cm³/mol. The summed E-state index contributed by atoms with van der Waals surface area (Å²) in [6, 6.07) is 23.4. The Morgan fingerprint density at radius 2 is 1.65 bits per heavy atom. The summed E-state index contributed by atoms with van der Waals surface area (Å²) in [4.78, 5) is 32.3. The average molecular weight is 532 g/mol. The van der Waals surface area contributed by atoms with Crippen molar-refractivity contribution < 1.29 is 9.59 Å². The van der Waals surface area contributed by atoms with Gasteiger partial charge in [-0.3, -0.25) is 9.59 Å². The van der Waals surface area contributed by atoms with Crippen molar-refractivity contribution in [3.05, 3.63) is 111 Å². The third kappa shape index (κ3) is 6.52. The molecule has 0 bridgehead atoms. The van der Waals surface area contributed by atoms with Crippen LogP contribution in [0.1, 0.15) is 21.5 Å². The highest BCUT2D eigenvalue weighted by atomic mass is 35.5. The summed E-state index contributed by atoms with van der Waals surface area (Å²) in [5, 5.41) is 8.08. The number of para-hydroxylation sites is 1. The van der Waals surface area contributed by atoms with Crippen LogP contribution in [0.15, 0.2) is 89.7 Å². The van der Waals surface area contributed by atoms with Crippen LogP contribution in [0.3, 0.4) is 0 Å². The van der Waals surface area contributed by atoms with Crippen molar-refractivity contribution in [3.63, 3.8) is 0 Å². The molecule has 37 heavy (non-hydrogen) atoms. The van der Waals surface area contributed by atoms with E-state index in [1.807, 2.05) is 73.6 Å². The number of amides is 2. The molecule has 4 aromatic rings. The van der Waals surface area contributed by atoms with E-state index in [1.54, 1.807) is 30.3 Å². The smallest absolute Gasteiger partial charge is 0.287 e. The molecule has 3 aromatic carbocycles. The number of nitrogens with one attached hydrogen (secondary N) is 2. The number of hydrazone groups is 1. The molecule has 0 saturated carbocycles. The fourth-order valence-corrected chi connectivity index (χ4v) is 3.86. The predicted octanol–water partition coefficient (Wildman–Crippen LogP) is 5.53. The summed E-state index contributed by atoms with van der Waals surface area (Å²) in [6.45, 7) is 0. The average Bonchev–Trinajstić information content (AvgIpc) is 2.89. The molecule has 0 fully saturated rings. The molecule has 7 nitrogen and oxygen atoms in total. The Morgan fingerprint density at radius 3 is 2.38 bits per heavy atom. The van der Waals surface area contributed by atoms with Crippen molar-refractivity contribution >= 4 is 63.9 Å². The molecule has 1 heterocycles. The van der Waals surface area contributed by atoms with E-state index < -0.39 is 11.8 Å². The Balaban J connectivity index is 1.58.